The van der Waals surface area contributed by atoms with Gasteiger partial charge >= 0.3 is 0 Å². The van der Waals surface area contributed by atoms with Crippen molar-refractivity contribution in [2.24, 2.45) is 10.7 Å². The van der Waals surface area contributed by atoms with E-state index in [1.807, 2.05) is 43.3 Å². The molecule has 4 rings (SSSR count). The van der Waals surface area contributed by atoms with Gasteiger partial charge in [-0.3, -0.25) is 9.59 Å². The van der Waals surface area contributed by atoms with Crippen molar-refractivity contribution < 1.29 is 19.8 Å². The van der Waals surface area contributed by atoms with Gasteiger partial charge in [-0.05, 0) is 41.8 Å². The number of carbonyl (C=O) groups is 2. The van der Waals surface area contributed by atoms with Crippen LogP contribution < -0.4 is 11.1 Å². The molecule has 2 aromatic carbocycles. The molecule has 172 valence electrons. The fourth-order valence-electron chi connectivity index (χ4n) is 3.99. The molecule has 2 amide bonds. The Morgan fingerprint density at radius 2 is 1.76 bits per heavy atom. The van der Waals surface area contributed by atoms with Crippen LogP contribution in [-0.4, -0.2) is 64.6 Å². The highest BCUT2D eigenvalue weighted by molar-refractivity contribution is 6.05. The van der Waals surface area contributed by atoms with Crippen molar-refractivity contribution in [3.05, 3.63) is 59.2 Å². The van der Waals surface area contributed by atoms with E-state index < -0.39 is 12.2 Å². The van der Waals surface area contributed by atoms with E-state index in [9.17, 15) is 19.8 Å². The minimum Gasteiger partial charge on any atom is -0.388 e. The maximum Gasteiger partial charge on any atom is 0.254 e. The summed E-state index contributed by atoms with van der Waals surface area (Å²) >= 11 is 0. The van der Waals surface area contributed by atoms with Crippen molar-refractivity contribution in [2.45, 2.75) is 32.0 Å². The normalized spacial score (nSPS) is 19.9. The van der Waals surface area contributed by atoms with Gasteiger partial charge in [0, 0.05) is 42.8 Å². The number of aliphatic hydroxyl groups excluding tert-OH is 2. The second-order valence-corrected chi connectivity index (χ2v) is 8.40. The second kappa shape index (κ2) is 9.56. The molecule has 0 unspecified atom stereocenters. The summed E-state index contributed by atoms with van der Waals surface area (Å²) in [5.41, 5.74) is 10.5. The van der Waals surface area contributed by atoms with Crippen LogP contribution in [0.25, 0.3) is 17.2 Å². The standard InChI is InChI=1S/C25H28N4O4/c1-2-9-27-24(32)19-10-18-8-7-17(11-20(18)28-23(26)12-19)15-3-5-16(6-4-15)25(33)29-13-21(30)22(31)14-29/h3-8,10-11,21-22,30-31H,2,9,12-14H2,1H3,(H2,26,28)(H,27,32)/t21-,22-/m1/s1. The van der Waals surface area contributed by atoms with Crippen LogP contribution in [-0.2, 0) is 4.79 Å². The predicted octanol–water partition coefficient (Wildman–Crippen LogP) is 1.83. The Kier molecular flexibility index (Phi) is 6.57. The van der Waals surface area contributed by atoms with E-state index in [0.717, 1.165) is 23.1 Å². The quantitative estimate of drug-likeness (QED) is 0.555. The van der Waals surface area contributed by atoms with Gasteiger partial charge in [0.15, 0.2) is 0 Å². The lowest BCUT2D eigenvalue weighted by Crippen LogP contribution is -2.29. The van der Waals surface area contributed by atoms with Gasteiger partial charge in [-0.25, -0.2) is 4.99 Å². The van der Waals surface area contributed by atoms with Crippen molar-refractivity contribution in [3.63, 3.8) is 0 Å². The Hall–Kier alpha value is -3.49. The first-order chi connectivity index (χ1) is 15.9. The molecule has 2 aromatic rings. The van der Waals surface area contributed by atoms with Crippen molar-refractivity contribution in [3.8, 4) is 11.1 Å². The van der Waals surface area contributed by atoms with Crippen molar-refractivity contribution in [1.82, 2.24) is 10.2 Å². The molecule has 0 saturated carbocycles. The third kappa shape index (κ3) is 4.97. The Morgan fingerprint density at radius 3 is 2.42 bits per heavy atom. The highest BCUT2D eigenvalue weighted by Gasteiger charge is 2.32. The molecule has 0 bridgehead atoms. The first-order valence-corrected chi connectivity index (χ1v) is 11.1. The maximum atomic E-state index is 12.6. The molecule has 33 heavy (non-hydrogen) atoms. The maximum absolute atomic E-state index is 12.6. The lowest BCUT2D eigenvalue weighted by molar-refractivity contribution is -0.117. The number of amidine groups is 1. The van der Waals surface area contributed by atoms with Gasteiger partial charge in [-0.2, -0.15) is 0 Å². The summed E-state index contributed by atoms with van der Waals surface area (Å²) in [5, 5.41) is 22.3. The van der Waals surface area contributed by atoms with E-state index in [-0.39, 0.29) is 31.3 Å². The molecule has 0 aromatic heterocycles. The molecule has 2 aliphatic heterocycles. The van der Waals surface area contributed by atoms with Crippen LogP contribution in [0.5, 0.6) is 0 Å². The van der Waals surface area contributed by atoms with Crippen LogP contribution in [0.2, 0.25) is 0 Å². The molecule has 1 saturated heterocycles. The molecular weight excluding hydrogens is 420 g/mol. The van der Waals surface area contributed by atoms with Gasteiger partial charge in [0.05, 0.1) is 17.9 Å². The summed E-state index contributed by atoms with van der Waals surface area (Å²) in [6.07, 6.45) is 1.15. The van der Waals surface area contributed by atoms with Gasteiger partial charge in [0.25, 0.3) is 5.91 Å². The van der Waals surface area contributed by atoms with Crippen LogP contribution in [0.1, 0.15) is 35.7 Å². The molecule has 2 atom stereocenters. The third-order valence-corrected chi connectivity index (χ3v) is 5.83. The Bertz CT molecular complexity index is 1110. The van der Waals surface area contributed by atoms with E-state index in [2.05, 4.69) is 10.3 Å². The molecule has 2 heterocycles. The number of carbonyl (C=O) groups excluding carboxylic acids is 2. The number of nitrogens with two attached hydrogens (primary N) is 1. The number of nitrogens with one attached hydrogen (secondary N) is 1. The largest absolute Gasteiger partial charge is 0.388 e. The highest BCUT2D eigenvalue weighted by atomic mass is 16.3. The number of aliphatic hydroxyl groups is 2. The molecule has 0 radical (unpaired) electrons. The first-order valence-electron chi connectivity index (χ1n) is 11.1. The summed E-state index contributed by atoms with van der Waals surface area (Å²) < 4.78 is 0. The van der Waals surface area contributed by atoms with Gasteiger partial charge in [0.1, 0.15) is 5.84 Å². The monoisotopic (exact) mass is 448 g/mol. The van der Waals surface area contributed by atoms with Crippen molar-refractivity contribution in [1.29, 1.82) is 0 Å². The SMILES string of the molecule is CCCNC(=O)C1=Cc2ccc(-c3ccc(C(=O)N4C[C@@H](O)[C@H](O)C4)cc3)cc2N=C(N)C1. The van der Waals surface area contributed by atoms with Gasteiger partial charge in [-0.1, -0.05) is 31.2 Å². The van der Waals surface area contributed by atoms with Crippen LogP contribution in [0.4, 0.5) is 5.69 Å². The van der Waals surface area contributed by atoms with E-state index >= 15 is 0 Å². The minimum atomic E-state index is -0.909. The van der Waals surface area contributed by atoms with Crippen molar-refractivity contribution >= 4 is 29.4 Å². The highest BCUT2D eigenvalue weighted by Crippen LogP contribution is 2.32. The number of benzene rings is 2. The number of fused-ring (bicyclic) bond motifs is 1. The summed E-state index contributed by atoms with van der Waals surface area (Å²) in [7, 11) is 0. The molecule has 2 aliphatic rings. The number of amides is 2. The number of aliphatic imine (C=N–C) groups is 1. The van der Waals surface area contributed by atoms with Crippen LogP contribution in [0.15, 0.2) is 53.0 Å². The summed E-state index contributed by atoms with van der Waals surface area (Å²) in [4.78, 5) is 31.0. The number of rotatable bonds is 5. The molecule has 8 nitrogen and oxygen atoms in total. The average Bonchev–Trinajstić information content (AvgIpc) is 3.05. The molecule has 5 N–H and O–H groups in total. The number of β-amino-alcohol motifs (C(OH)–C–C–N with tert-alkyl or cyclic N) is 2. The lowest BCUT2D eigenvalue weighted by Gasteiger charge is -2.15. The van der Waals surface area contributed by atoms with E-state index in [4.69, 9.17) is 5.73 Å². The zero-order chi connectivity index (χ0) is 23.5. The van der Waals surface area contributed by atoms with E-state index in [1.165, 1.54) is 4.90 Å². The van der Waals surface area contributed by atoms with Gasteiger partial charge in [0.2, 0.25) is 5.91 Å². The van der Waals surface area contributed by atoms with E-state index in [0.29, 0.717) is 29.2 Å². The smallest absolute Gasteiger partial charge is 0.254 e. The Balaban J connectivity index is 1.55. The summed E-state index contributed by atoms with van der Waals surface area (Å²) in [6, 6.07) is 12.9. The second-order valence-electron chi connectivity index (χ2n) is 8.40. The molecule has 0 aliphatic carbocycles. The Morgan fingerprint density at radius 1 is 1.09 bits per heavy atom. The molecule has 1 fully saturated rings. The number of hydrogen-bond acceptors (Lipinski definition) is 6. The van der Waals surface area contributed by atoms with Crippen LogP contribution in [0.3, 0.4) is 0 Å². The fourth-order valence-corrected chi connectivity index (χ4v) is 3.99. The fraction of sp³-hybridized carbons (Fsp3) is 0.320. The molecule has 8 heteroatoms. The zero-order valence-electron chi connectivity index (χ0n) is 18.5. The van der Waals surface area contributed by atoms with Gasteiger partial charge in [-0.15, -0.1) is 0 Å². The lowest BCUT2D eigenvalue weighted by atomic mass is 10.00. The summed E-state index contributed by atoms with van der Waals surface area (Å²) in [5.74, 6) is 0.0143. The summed E-state index contributed by atoms with van der Waals surface area (Å²) in [6.45, 7) is 2.85. The van der Waals surface area contributed by atoms with Gasteiger partial charge < -0.3 is 26.2 Å². The van der Waals surface area contributed by atoms with Crippen LogP contribution in [0, 0.1) is 0 Å². The average molecular weight is 449 g/mol. The first kappa shape index (κ1) is 22.7. The van der Waals surface area contributed by atoms with E-state index in [1.54, 1.807) is 12.1 Å². The topological polar surface area (TPSA) is 128 Å². The number of hydrogen-bond donors (Lipinski definition) is 4. The third-order valence-electron chi connectivity index (χ3n) is 5.83. The number of likely N-dealkylation sites (tertiary alicyclic amines) is 1. The zero-order valence-corrected chi connectivity index (χ0v) is 18.5. The predicted molar refractivity (Wildman–Crippen MR) is 127 cm³/mol. The molecule has 0 spiro atoms. The number of nitrogens with zero attached hydrogens (tertiary/aromatic N) is 2. The Labute approximate surface area is 192 Å². The van der Waals surface area contributed by atoms with Crippen molar-refractivity contribution in [2.75, 3.05) is 19.6 Å². The van der Waals surface area contributed by atoms with Crippen LogP contribution >= 0.6 is 0 Å². The molecular formula is C25H28N4O4. The minimum absolute atomic E-state index is 0.123.